The van der Waals surface area contributed by atoms with E-state index in [-0.39, 0.29) is 0 Å². The van der Waals surface area contributed by atoms with Crippen LogP contribution in [0.3, 0.4) is 0 Å². The fraction of sp³-hybridized carbons (Fsp3) is 0.600. The monoisotopic (exact) mass is 442 g/mol. The molecule has 2 nitrogen and oxygen atoms in total. The van der Waals surface area contributed by atoms with Gasteiger partial charge in [-0.25, -0.2) is 0 Å². The third-order valence-electron chi connectivity index (χ3n) is 5.14. The lowest BCUT2D eigenvalue weighted by Crippen LogP contribution is -2.28. The minimum atomic E-state index is 0.633. The van der Waals surface area contributed by atoms with Gasteiger partial charge >= 0.3 is 0 Å². The lowest BCUT2D eigenvalue weighted by Gasteiger charge is -2.23. The SMILES string of the molecule is CC.CC.CC.CC.CC(C)N1CCc2ccccc21.CC(C)N1Cc2ccccc2C1. The molecule has 0 aliphatic carbocycles. The molecule has 32 heavy (non-hydrogen) atoms. The highest BCUT2D eigenvalue weighted by Gasteiger charge is 2.20. The zero-order valence-corrected chi connectivity index (χ0v) is 23.5. The second kappa shape index (κ2) is 19.9. The van der Waals surface area contributed by atoms with Gasteiger partial charge in [-0.3, -0.25) is 4.90 Å². The van der Waals surface area contributed by atoms with Crippen molar-refractivity contribution in [2.75, 3.05) is 11.4 Å². The van der Waals surface area contributed by atoms with Gasteiger partial charge in [0, 0.05) is 37.4 Å². The number of nitrogens with zero attached hydrogens (tertiary/aromatic N) is 2. The van der Waals surface area contributed by atoms with E-state index < -0.39 is 0 Å². The number of rotatable bonds is 2. The van der Waals surface area contributed by atoms with E-state index in [2.05, 4.69) is 86.0 Å². The van der Waals surface area contributed by atoms with Crippen LogP contribution in [0, 0.1) is 0 Å². The normalized spacial score (nSPS) is 12.9. The topological polar surface area (TPSA) is 6.48 Å². The van der Waals surface area contributed by atoms with Gasteiger partial charge in [0.2, 0.25) is 0 Å². The van der Waals surface area contributed by atoms with E-state index in [0.717, 1.165) is 13.1 Å². The lowest BCUT2D eigenvalue weighted by atomic mass is 10.1. The van der Waals surface area contributed by atoms with Crippen LogP contribution in [0.1, 0.15) is 99.8 Å². The second-order valence-corrected chi connectivity index (χ2v) is 7.43. The van der Waals surface area contributed by atoms with E-state index in [1.54, 1.807) is 0 Å². The van der Waals surface area contributed by atoms with Crippen LogP contribution in [0.4, 0.5) is 5.69 Å². The fourth-order valence-corrected chi connectivity index (χ4v) is 3.62. The highest BCUT2D eigenvalue weighted by Crippen LogP contribution is 2.28. The summed E-state index contributed by atoms with van der Waals surface area (Å²) in [6, 6.07) is 18.7. The molecule has 0 saturated heterocycles. The first-order chi connectivity index (χ1) is 15.6. The number of fused-ring (bicyclic) bond motifs is 2. The van der Waals surface area contributed by atoms with Crippen LogP contribution in [0.5, 0.6) is 0 Å². The van der Waals surface area contributed by atoms with Gasteiger partial charge < -0.3 is 4.90 Å². The van der Waals surface area contributed by atoms with Crippen LogP contribution < -0.4 is 4.90 Å². The Kier molecular flexibility index (Phi) is 20.1. The standard InChI is InChI=1S/2C11H15N.4C2H6/c1-9(2)12-7-10-5-3-4-6-11(10)8-12;1-9(2)12-8-7-10-5-3-4-6-11(10)12;4*1-2/h2*3-6,9H,7-8H2,1-2H3;4*1-2H3. The molecule has 2 aromatic carbocycles. The van der Waals surface area contributed by atoms with Crippen molar-refractivity contribution in [2.24, 2.45) is 0 Å². The number of anilines is 1. The molecule has 0 saturated carbocycles. The van der Waals surface area contributed by atoms with E-state index in [0.29, 0.717) is 12.1 Å². The van der Waals surface area contributed by atoms with Gasteiger partial charge in [-0.1, -0.05) is 97.9 Å². The van der Waals surface area contributed by atoms with Crippen molar-refractivity contribution in [2.45, 2.75) is 115 Å². The van der Waals surface area contributed by atoms with Gasteiger partial charge in [-0.05, 0) is 56.9 Å². The number of hydrogen-bond donors (Lipinski definition) is 0. The average molecular weight is 443 g/mol. The van der Waals surface area contributed by atoms with E-state index in [9.17, 15) is 0 Å². The maximum atomic E-state index is 2.49. The van der Waals surface area contributed by atoms with Gasteiger partial charge in [0.1, 0.15) is 0 Å². The summed E-state index contributed by atoms with van der Waals surface area (Å²) in [5, 5.41) is 0. The van der Waals surface area contributed by atoms with Gasteiger partial charge in [0.15, 0.2) is 0 Å². The van der Waals surface area contributed by atoms with Crippen molar-refractivity contribution in [3.63, 3.8) is 0 Å². The molecular formula is C30H54N2. The summed E-state index contributed by atoms with van der Waals surface area (Å²) in [7, 11) is 0. The molecule has 0 fully saturated rings. The summed E-state index contributed by atoms with van der Waals surface area (Å²) in [6.45, 7) is 28.5. The molecule has 2 heteroatoms. The summed E-state index contributed by atoms with van der Waals surface area (Å²) in [4.78, 5) is 4.96. The summed E-state index contributed by atoms with van der Waals surface area (Å²) >= 11 is 0. The van der Waals surface area contributed by atoms with Crippen molar-refractivity contribution in [1.29, 1.82) is 0 Å². The first kappa shape index (κ1) is 32.4. The van der Waals surface area contributed by atoms with Crippen LogP contribution in [-0.4, -0.2) is 23.5 Å². The predicted molar refractivity (Wildman–Crippen MR) is 149 cm³/mol. The van der Waals surface area contributed by atoms with Crippen LogP contribution >= 0.6 is 0 Å². The zero-order valence-electron chi connectivity index (χ0n) is 23.5. The van der Waals surface area contributed by atoms with E-state index in [1.165, 1.54) is 35.3 Å². The summed E-state index contributed by atoms with van der Waals surface area (Å²) in [5.74, 6) is 0. The molecule has 0 amide bonds. The quantitative estimate of drug-likeness (QED) is 0.458. The Bertz CT molecular complexity index is 651. The minimum Gasteiger partial charge on any atom is -0.369 e. The average Bonchev–Trinajstić information content (AvgIpc) is 3.49. The van der Waals surface area contributed by atoms with Crippen LogP contribution in [0.15, 0.2) is 48.5 Å². The third kappa shape index (κ3) is 10.2. The maximum absolute atomic E-state index is 2.49. The molecule has 184 valence electrons. The number of hydrogen-bond acceptors (Lipinski definition) is 2. The van der Waals surface area contributed by atoms with Crippen molar-refractivity contribution >= 4 is 5.69 Å². The summed E-state index contributed by atoms with van der Waals surface area (Å²) in [5.41, 5.74) is 5.95. The van der Waals surface area contributed by atoms with Crippen LogP contribution in [-0.2, 0) is 19.5 Å². The number of para-hydroxylation sites is 1. The van der Waals surface area contributed by atoms with Gasteiger partial charge in [-0.2, -0.15) is 0 Å². The molecule has 2 aromatic rings. The Morgan fingerprint density at radius 2 is 0.969 bits per heavy atom. The highest BCUT2D eigenvalue weighted by atomic mass is 15.2. The van der Waals surface area contributed by atoms with Crippen molar-refractivity contribution in [1.82, 2.24) is 4.90 Å². The Morgan fingerprint density at radius 3 is 1.38 bits per heavy atom. The largest absolute Gasteiger partial charge is 0.369 e. The van der Waals surface area contributed by atoms with Crippen molar-refractivity contribution in [3.05, 3.63) is 65.2 Å². The van der Waals surface area contributed by atoms with E-state index in [1.807, 2.05) is 55.4 Å². The Labute approximate surface area is 202 Å². The molecule has 2 aliphatic rings. The molecule has 0 aromatic heterocycles. The molecule has 0 atom stereocenters. The smallest absolute Gasteiger partial charge is 0.0401 e. The first-order valence-corrected chi connectivity index (χ1v) is 13.2. The Morgan fingerprint density at radius 1 is 0.562 bits per heavy atom. The van der Waals surface area contributed by atoms with Gasteiger partial charge in [-0.15, -0.1) is 0 Å². The van der Waals surface area contributed by atoms with E-state index in [4.69, 9.17) is 0 Å². The molecule has 0 N–H and O–H groups in total. The van der Waals surface area contributed by atoms with Crippen LogP contribution in [0.2, 0.25) is 0 Å². The van der Waals surface area contributed by atoms with Gasteiger partial charge in [0.25, 0.3) is 0 Å². The molecule has 0 unspecified atom stereocenters. The molecule has 0 spiro atoms. The van der Waals surface area contributed by atoms with Gasteiger partial charge in [0.05, 0.1) is 0 Å². The third-order valence-corrected chi connectivity index (χ3v) is 5.14. The Hall–Kier alpha value is -1.80. The fourth-order valence-electron chi connectivity index (χ4n) is 3.62. The zero-order chi connectivity index (χ0) is 25.1. The second-order valence-electron chi connectivity index (χ2n) is 7.43. The van der Waals surface area contributed by atoms with Crippen LogP contribution in [0.25, 0.3) is 0 Å². The minimum absolute atomic E-state index is 0.633. The van der Waals surface area contributed by atoms with Crippen molar-refractivity contribution in [3.8, 4) is 0 Å². The highest BCUT2D eigenvalue weighted by molar-refractivity contribution is 5.58. The van der Waals surface area contributed by atoms with E-state index >= 15 is 0 Å². The molecule has 4 rings (SSSR count). The summed E-state index contributed by atoms with van der Waals surface area (Å²) in [6.07, 6.45) is 1.22. The molecular weight excluding hydrogens is 388 g/mol. The molecule has 2 heterocycles. The lowest BCUT2D eigenvalue weighted by molar-refractivity contribution is 0.227. The maximum Gasteiger partial charge on any atom is 0.0401 e. The Balaban J connectivity index is 0. The summed E-state index contributed by atoms with van der Waals surface area (Å²) < 4.78 is 0. The van der Waals surface area contributed by atoms with Crippen molar-refractivity contribution < 1.29 is 0 Å². The first-order valence-electron chi connectivity index (χ1n) is 13.2. The molecule has 0 bridgehead atoms. The predicted octanol–water partition coefficient (Wildman–Crippen LogP) is 8.97. The molecule has 2 aliphatic heterocycles. The molecule has 0 radical (unpaired) electrons. The number of benzene rings is 2.